The molecule has 0 saturated carbocycles. The van der Waals surface area contributed by atoms with E-state index in [1.165, 1.54) is 6.42 Å². The second-order valence-corrected chi connectivity index (χ2v) is 4.90. The van der Waals surface area contributed by atoms with Crippen molar-refractivity contribution in [2.45, 2.75) is 51.2 Å². The first-order valence-electron chi connectivity index (χ1n) is 6.43. The topological polar surface area (TPSA) is 41.6 Å². The molecule has 4 nitrogen and oxygen atoms in total. The minimum absolute atomic E-state index is 0.124. The number of carbonyl (C=O) groups excluding carboxylic acids is 1. The molecule has 0 radical (unpaired) electrons. The number of hydrogen-bond donors (Lipinski definition) is 1. The molecule has 16 heavy (non-hydrogen) atoms. The van der Waals surface area contributed by atoms with Crippen molar-refractivity contribution < 1.29 is 9.53 Å². The number of piperidine rings is 1. The van der Waals surface area contributed by atoms with E-state index in [4.69, 9.17) is 4.74 Å². The lowest BCUT2D eigenvalue weighted by molar-refractivity contribution is 0.0144. The molecule has 2 aliphatic heterocycles. The number of ether oxygens (including phenoxy) is 1. The number of likely N-dealkylation sites (tertiary alicyclic amines) is 1. The molecule has 0 spiro atoms. The number of rotatable bonds is 1. The van der Waals surface area contributed by atoms with E-state index in [2.05, 4.69) is 12.2 Å². The number of amides is 2. The van der Waals surface area contributed by atoms with E-state index >= 15 is 0 Å². The largest absolute Gasteiger partial charge is 0.378 e. The second-order valence-electron chi connectivity index (χ2n) is 4.90. The van der Waals surface area contributed by atoms with Crippen LogP contribution in [0.5, 0.6) is 0 Å². The van der Waals surface area contributed by atoms with Gasteiger partial charge in [0.2, 0.25) is 0 Å². The van der Waals surface area contributed by atoms with Crippen molar-refractivity contribution in [1.82, 2.24) is 10.2 Å². The van der Waals surface area contributed by atoms with E-state index in [0.29, 0.717) is 6.04 Å². The third-order valence-electron chi connectivity index (χ3n) is 3.46. The first-order chi connectivity index (χ1) is 7.75. The highest BCUT2D eigenvalue weighted by atomic mass is 16.5. The van der Waals surface area contributed by atoms with Gasteiger partial charge >= 0.3 is 6.03 Å². The van der Waals surface area contributed by atoms with Crippen molar-refractivity contribution in [1.29, 1.82) is 0 Å². The predicted molar refractivity (Wildman–Crippen MR) is 62.4 cm³/mol. The summed E-state index contributed by atoms with van der Waals surface area (Å²) in [4.78, 5) is 13.9. The Morgan fingerprint density at radius 1 is 1.31 bits per heavy atom. The fourth-order valence-electron chi connectivity index (χ4n) is 2.49. The van der Waals surface area contributed by atoms with Crippen LogP contribution in [0.3, 0.4) is 0 Å². The predicted octanol–water partition coefficient (Wildman–Crippen LogP) is 1.75. The SMILES string of the molecule is CC1CC(NC(=O)N2CCCCC2)CCO1. The van der Waals surface area contributed by atoms with E-state index in [1.54, 1.807) is 0 Å². The summed E-state index contributed by atoms with van der Waals surface area (Å²) in [5.41, 5.74) is 0. The van der Waals surface area contributed by atoms with Gasteiger partial charge in [-0.15, -0.1) is 0 Å². The molecule has 2 heterocycles. The lowest BCUT2D eigenvalue weighted by Gasteiger charge is -2.32. The van der Waals surface area contributed by atoms with Gasteiger partial charge in [0.05, 0.1) is 6.10 Å². The van der Waals surface area contributed by atoms with Crippen molar-refractivity contribution in [3.8, 4) is 0 Å². The normalized spacial score (nSPS) is 31.2. The Bertz CT molecular complexity index is 239. The molecule has 0 aromatic carbocycles. The molecule has 0 bridgehead atoms. The summed E-state index contributed by atoms with van der Waals surface area (Å²) in [6, 6.07) is 0.428. The van der Waals surface area contributed by atoms with Gasteiger partial charge < -0.3 is 15.0 Å². The Kier molecular flexibility index (Phi) is 4.04. The number of nitrogens with one attached hydrogen (secondary N) is 1. The Balaban J connectivity index is 1.77. The maximum atomic E-state index is 11.9. The standard InChI is InChI=1S/C12H22N2O2/c1-10-9-11(5-8-16-10)13-12(15)14-6-3-2-4-7-14/h10-11H,2-9H2,1H3,(H,13,15). The van der Waals surface area contributed by atoms with Gasteiger partial charge in [-0.05, 0) is 39.0 Å². The van der Waals surface area contributed by atoms with Crippen LogP contribution in [-0.4, -0.2) is 42.8 Å². The molecule has 2 unspecified atom stereocenters. The van der Waals surface area contributed by atoms with E-state index in [9.17, 15) is 4.79 Å². The van der Waals surface area contributed by atoms with Gasteiger partial charge in [-0.1, -0.05) is 0 Å². The third kappa shape index (κ3) is 3.11. The summed E-state index contributed by atoms with van der Waals surface area (Å²) in [6.07, 6.45) is 5.73. The highest BCUT2D eigenvalue weighted by molar-refractivity contribution is 5.74. The average Bonchev–Trinajstić information content (AvgIpc) is 2.30. The smallest absolute Gasteiger partial charge is 0.317 e. The van der Waals surface area contributed by atoms with Gasteiger partial charge in [-0.2, -0.15) is 0 Å². The van der Waals surface area contributed by atoms with Crippen molar-refractivity contribution in [2.75, 3.05) is 19.7 Å². The van der Waals surface area contributed by atoms with Gasteiger partial charge in [-0.3, -0.25) is 0 Å². The van der Waals surface area contributed by atoms with Crippen molar-refractivity contribution in [3.63, 3.8) is 0 Å². The van der Waals surface area contributed by atoms with E-state index in [-0.39, 0.29) is 12.1 Å². The average molecular weight is 226 g/mol. The molecule has 2 rings (SSSR count). The van der Waals surface area contributed by atoms with E-state index < -0.39 is 0 Å². The highest BCUT2D eigenvalue weighted by Gasteiger charge is 2.23. The van der Waals surface area contributed by atoms with Crippen LogP contribution in [0.1, 0.15) is 39.0 Å². The molecule has 2 aliphatic rings. The molecule has 0 aromatic heterocycles. The van der Waals surface area contributed by atoms with Gasteiger partial charge in [-0.25, -0.2) is 4.79 Å². The number of carbonyl (C=O) groups is 1. The molecule has 92 valence electrons. The quantitative estimate of drug-likeness (QED) is 0.740. The maximum Gasteiger partial charge on any atom is 0.317 e. The number of hydrogen-bond acceptors (Lipinski definition) is 2. The van der Waals surface area contributed by atoms with Crippen LogP contribution in [0.4, 0.5) is 4.79 Å². The number of urea groups is 1. The Hall–Kier alpha value is -0.770. The zero-order chi connectivity index (χ0) is 11.4. The molecule has 2 amide bonds. The third-order valence-corrected chi connectivity index (χ3v) is 3.46. The van der Waals surface area contributed by atoms with Crippen LogP contribution in [0.25, 0.3) is 0 Å². The van der Waals surface area contributed by atoms with Gasteiger partial charge in [0.15, 0.2) is 0 Å². The molecular formula is C12H22N2O2. The Morgan fingerprint density at radius 2 is 2.06 bits per heavy atom. The first-order valence-corrected chi connectivity index (χ1v) is 6.43. The fourth-order valence-corrected chi connectivity index (χ4v) is 2.49. The number of nitrogens with zero attached hydrogens (tertiary/aromatic N) is 1. The fraction of sp³-hybridized carbons (Fsp3) is 0.917. The minimum Gasteiger partial charge on any atom is -0.378 e. The van der Waals surface area contributed by atoms with Crippen LogP contribution in [-0.2, 0) is 4.74 Å². The van der Waals surface area contributed by atoms with Crippen LogP contribution < -0.4 is 5.32 Å². The van der Waals surface area contributed by atoms with E-state index in [0.717, 1.165) is 45.4 Å². The second kappa shape index (κ2) is 5.53. The highest BCUT2D eigenvalue weighted by Crippen LogP contribution is 2.14. The van der Waals surface area contributed by atoms with Gasteiger partial charge in [0.25, 0.3) is 0 Å². The van der Waals surface area contributed by atoms with Gasteiger partial charge in [0, 0.05) is 25.7 Å². The summed E-state index contributed by atoms with van der Waals surface area (Å²) in [5, 5.41) is 3.13. The first kappa shape index (κ1) is 11.7. The summed E-state index contributed by atoms with van der Waals surface area (Å²) in [6.45, 7) is 4.68. The van der Waals surface area contributed by atoms with E-state index in [1.807, 2.05) is 4.90 Å². The summed E-state index contributed by atoms with van der Waals surface area (Å²) in [5.74, 6) is 0. The molecule has 1 N–H and O–H groups in total. The summed E-state index contributed by atoms with van der Waals surface area (Å²) < 4.78 is 5.47. The molecular weight excluding hydrogens is 204 g/mol. The monoisotopic (exact) mass is 226 g/mol. The lowest BCUT2D eigenvalue weighted by atomic mass is 10.0. The van der Waals surface area contributed by atoms with Crippen molar-refractivity contribution in [3.05, 3.63) is 0 Å². The Morgan fingerprint density at radius 3 is 2.75 bits per heavy atom. The maximum absolute atomic E-state index is 11.9. The molecule has 4 heteroatoms. The summed E-state index contributed by atoms with van der Waals surface area (Å²) in [7, 11) is 0. The van der Waals surface area contributed by atoms with Crippen LogP contribution in [0, 0.1) is 0 Å². The lowest BCUT2D eigenvalue weighted by Crippen LogP contribution is -2.49. The van der Waals surface area contributed by atoms with Crippen LogP contribution >= 0.6 is 0 Å². The molecule has 2 saturated heterocycles. The summed E-state index contributed by atoms with van der Waals surface area (Å²) >= 11 is 0. The molecule has 2 atom stereocenters. The van der Waals surface area contributed by atoms with Gasteiger partial charge in [0.1, 0.15) is 0 Å². The Labute approximate surface area is 97.3 Å². The molecule has 0 aliphatic carbocycles. The van der Waals surface area contributed by atoms with Crippen molar-refractivity contribution >= 4 is 6.03 Å². The van der Waals surface area contributed by atoms with Crippen LogP contribution in [0.15, 0.2) is 0 Å². The van der Waals surface area contributed by atoms with Crippen LogP contribution in [0.2, 0.25) is 0 Å². The minimum atomic E-state index is 0.124. The zero-order valence-electron chi connectivity index (χ0n) is 10.1. The zero-order valence-corrected chi connectivity index (χ0v) is 10.1. The molecule has 0 aromatic rings. The molecule has 2 fully saturated rings. The van der Waals surface area contributed by atoms with Crippen molar-refractivity contribution in [2.24, 2.45) is 0 Å².